The summed E-state index contributed by atoms with van der Waals surface area (Å²) in [4.78, 5) is 18.3. The highest BCUT2D eigenvalue weighted by atomic mass is 16.1. The van der Waals surface area contributed by atoms with Crippen molar-refractivity contribution < 1.29 is 4.79 Å². The number of hydrogen-bond donors (Lipinski definition) is 0. The summed E-state index contributed by atoms with van der Waals surface area (Å²) < 4.78 is 0. The third-order valence-corrected chi connectivity index (χ3v) is 1.26. The number of carbonyl (C=O) groups is 1. The van der Waals surface area contributed by atoms with Gasteiger partial charge in [0.05, 0.1) is 0 Å². The lowest BCUT2D eigenvalue weighted by atomic mass is 10.3. The lowest BCUT2D eigenvalue weighted by Gasteiger charge is -1.94. The molecule has 0 aliphatic carbocycles. The Hall–Kier alpha value is -1.51. The first-order chi connectivity index (χ1) is 5.24. The molecule has 0 atom stereocenters. The molecule has 0 fully saturated rings. The molecule has 11 heavy (non-hydrogen) atoms. The second kappa shape index (κ2) is 3.05. The largest absolute Gasteiger partial charge is 0.293 e. The zero-order valence-corrected chi connectivity index (χ0v) is 6.24. The van der Waals surface area contributed by atoms with Crippen molar-refractivity contribution in [2.45, 2.75) is 6.92 Å². The summed E-state index contributed by atoms with van der Waals surface area (Å²) in [6.07, 6.45) is 0. The summed E-state index contributed by atoms with van der Waals surface area (Å²) in [6.45, 7) is 4.78. The molecule has 0 spiro atoms. The molecule has 56 valence electrons. The Morgan fingerprint density at radius 3 is 2.91 bits per heavy atom. The molecule has 0 saturated heterocycles. The van der Waals surface area contributed by atoms with E-state index in [0.717, 1.165) is 0 Å². The predicted molar refractivity (Wildman–Crippen MR) is 43.5 cm³/mol. The van der Waals surface area contributed by atoms with Gasteiger partial charge in [-0.3, -0.25) is 4.79 Å². The van der Waals surface area contributed by atoms with Gasteiger partial charge in [0.1, 0.15) is 5.69 Å². The van der Waals surface area contributed by atoms with Gasteiger partial charge < -0.3 is 0 Å². The number of hydrogen-bond acceptors (Lipinski definition) is 3. The van der Waals surface area contributed by atoms with Gasteiger partial charge in [0.2, 0.25) is 0 Å². The van der Waals surface area contributed by atoms with Crippen molar-refractivity contribution in [2.24, 2.45) is 4.99 Å². The van der Waals surface area contributed by atoms with Gasteiger partial charge in [-0.05, 0) is 18.9 Å². The number of pyridine rings is 1. The van der Waals surface area contributed by atoms with Gasteiger partial charge >= 0.3 is 0 Å². The van der Waals surface area contributed by atoms with Crippen LogP contribution in [0.4, 0.5) is 5.82 Å². The van der Waals surface area contributed by atoms with E-state index in [9.17, 15) is 4.79 Å². The first kappa shape index (κ1) is 7.60. The van der Waals surface area contributed by atoms with E-state index in [4.69, 9.17) is 0 Å². The van der Waals surface area contributed by atoms with Crippen LogP contribution in [0.1, 0.15) is 17.4 Å². The molecule has 0 bridgehead atoms. The van der Waals surface area contributed by atoms with Crippen LogP contribution >= 0.6 is 0 Å². The smallest absolute Gasteiger partial charge is 0.178 e. The zero-order valence-electron chi connectivity index (χ0n) is 6.24. The number of carbonyl (C=O) groups excluding carboxylic acids is 1. The third kappa shape index (κ3) is 1.70. The van der Waals surface area contributed by atoms with Crippen molar-refractivity contribution in [1.82, 2.24) is 4.98 Å². The Bertz CT molecular complexity index is 294. The topological polar surface area (TPSA) is 42.3 Å². The molecule has 1 heterocycles. The van der Waals surface area contributed by atoms with Crippen molar-refractivity contribution >= 4 is 18.3 Å². The Labute approximate surface area is 64.8 Å². The molecule has 0 unspecified atom stereocenters. The fourth-order valence-electron chi connectivity index (χ4n) is 0.707. The number of aliphatic imine (C=N–C) groups is 1. The molecule has 3 heteroatoms. The monoisotopic (exact) mass is 148 g/mol. The van der Waals surface area contributed by atoms with Crippen LogP contribution < -0.4 is 0 Å². The van der Waals surface area contributed by atoms with Crippen molar-refractivity contribution in [3.8, 4) is 0 Å². The standard InChI is InChI=1S/C8H8N2O/c1-6(11)7-4-3-5-8(9-2)10-7/h3-5H,2H2,1H3. The Kier molecular flexibility index (Phi) is 2.11. The van der Waals surface area contributed by atoms with Crippen LogP contribution in [-0.2, 0) is 0 Å². The van der Waals surface area contributed by atoms with E-state index in [-0.39, 0.29) is 5.78 Å². The molecule has 0 aliphatic rings. The molecular weight excluding hydrogens is 140 g/mol. The van der Waals surface area contributed by atoms with Gasteiger partial charge in [0.25, 0.3) is 0 Å². The SMILES string of the molecule is C=Nc1cccc(C(C)=O)n1. The summed E-state index contributed by atoms with van der Waals surface area (Å²) in [5, 5.41) is 0. The molecule has 3 nitrogen and oxygen atoms in total. The van der Waals surface area contributed by atoms with E-state index >= 15 is 0 Å². The molecule has 0 aliphatic heterocycles. The molecule has 0 aromatic carbocycles. The summed E-state index contributed by atoms with van der Waals surface area (Å²) >= 11 is 0. The molecule has 1 aromatic rings. The van der Waals surface area contributed by atoms with Crippen molar-refractivity contribution in [2.75, 3.05) is 0 Å². The number of nitrogens with zero attached hydrogens (tertiary/aromatic N) is 2. The maximum atomic E-state index is 10.8. The zero-order chi connectivity index (χ0) is 8.27. The highest BCUT2D eigenvalue weighted by Crippen LogP contribution is 2.07. The summed E-state index contributed by atoms with van der Waals surface area (Å²) in [7, 11) is 0. The maximum absolute atomic E-state index is 10.8. The second-order valence-corrected chi connectivity index (χ2v) is 2.10. The van der Waals surface area contributed by atoms with Gasteiger partial charge in [-0.1, -0.05) is 6.07 Å². The van der Waals surface area contributed by atoms with Crippen LogP contribution in [-0.4, -0.2) is 17.5 Å². The van der Waals surface area contributed by atoms with Crippen LogP contribution in [0, 0.1) is 0 Å². The molecule has 1 aromatic heterocycles. The molecule has 0 N–H and O–H groups in total. The number of ketones is 1. The quantitative estimate of drug-likeness (QED) is 0.472. The van der Waals surface area contributed by atoms with E-state index in [1.54, 1.807) is 18.2 Å². The third-order valence-electron chi connectivity index (χ3n) is 1.26. The minimum Gasteiger partial charge on any atom is -0.293 e. The average molecular weight is 148 g/mol. The van der Waals surface area contributed by atoms with Crippen LogP contribution in [0.15, 0.2) is 23.2 Å². The van der Waals surface area contributed by atoms with Gasteiger partial charge in [0, 0.05) is 6.92 Å². The summed E-state index contributed by atoms with van der Waals surface area (Å²) in [6, 6.07) is 5.07. The van der Waals surface area contributed by atoms with Crippen LogP contribution in [0.3, 0.4) is 0 Å². The Morgan fingerprint density at radius 2 is 2.36 bits per heavy atom. The first-order valence-corrected chi connectivity index (χ1v) is 3.19. The lowest BCUT2D eigenvalue weighted by molar-refractivity contribution is 0.101. The summed E-state index contributed by atoms with van der Waals surface area (Å²) in [5.74, 6) is 0.424. The normalized spacial score (nSPS) is 9.18. The van der Waals surface area contributed by atoms with Crippen molar-refractivity contribution in [3.63, 3.8) is 0 Å². The van der Waals surface area contributed by atoms with E-state index in [1.807, 2.05) is 0 Å². The summed E-state index contributed by atoms with van der Waals surface area (Å²) in [5.41, 5.74) is 0.426. The van der Waals surface area contributed by atoms with E-state index in [1.165, 1.54) is 6.92 Å². The molecule has 0 amide bonds. The molecule has 1 rings (SSSR count). The molecule has 0 saturated carbocycles. The Balaban J connectivity index is 3.10. The van der Waals surface area contributed by atoms with Crippen LogP contribution in [0.2, 0.25) is 0 Å². The number of aromatic nitrogens is 1. The van der Waals surface area contributed by atoms with Crippen molar-refractivity contribution in [1.29, 1.82) is 0 Å². The van der Waals surface area contributed by atoms with E-state index in [2.05, 4.69) is 16.7 Å². The maximum Gasteiger partial charge on any atom is 0.178 e. The molecular formula is C8H8N2O. The van der Waals surface area contributed by atoms with Gasteiger partial charge in [-0.25, -0.2) is 9.98 Å². The molecule has 0 radical (unpaired) electrons. The van der Waals surface area contributed by atoms with E-state index in [0.29, 0.717) is 11.5 Å². The van der Waals surface area contributed by atoms with Gasteiger partial charge in [-0.2, -0.15) is 0 Å². The lowest BCUT2D eigenvalue weighted by Crippen LogP contribution is -1.94. The van der Waals surface area contributed by atoms with E-state index < -0.39 is 0 Å². The van der Waals surface area contributed by atoms with Crippen LogP contribution in [0.5, 0.6) is 0 Å². The van der Waals surface area contributed by atoms with Gasteiger partial charge in [-0.15, -0.1) is 0 Å². The second-order valence-electron chi connectivity index (χ2n) is 2.10. The highest BCUT2D eigenvalue weighted by molar-refractivity contribution is 5.92. The van der Waals surface area contributed by atoms with Gasteiger partial charge in [0.15, 0.2) is 11.6 Å². The fourth-order valence-corrected chi connectivity index (χ4v) is 0.707. The number of rotatable bonds is 2. The highest BCUT2D eigenvalue weighted by Gasteiger charge is 1.99. The first-order valence-electron chi connectivity index (χ1n) is 3.19. The van der Waals surface area contributed by atoms with Crippen molar-refractivity contribution in [3.05, 3.63) is 23.9 Å². The minimum atomic E-state index is -0.0597. The predicted octanol–water partition coefficient (Wildman–Crippen LogP) is 1.62. The fraction of sp³-hybridized carbons (Fsp3) is 0.125. The average Bonchev–Trinajstić information content (AvgIpc) is 2.05. The Morgan fingerprint density at radius 1 is 1.64 bits per heavy atom. The minimum absolute atomic E-state index is 0.0597. The van der Waals surface area contributed by atoms with Crippen LogP contribution in [0.25, 0.3) is 0 Å². The number of Topliss-reactive ketones (excluding diaryl/α,β-unsaturated/α-hetero) is 1.